The van der Waals surface area contributed by atoms with Gasteiger partial charge in [0.25, 0.3) is 17.7 Å². The van der Waals surface area contributed by atoms with Crippen LogP contribution in [0.1, 0.15) is 34.1 Å². The second-order valence-corrected chi connectivity index (χ2v) is 9.14. The number of nitrogens with one attached hydrogen (secondary N) is 2. The van der Waals surface area contributed by atoms with Crippen molar-refractivity contribution in [2.45, 2.75) is 13.3 Å². The average molecular weight is 568 g/mol. The summed E-state index contributed by atoms with van der Waals surface area (Å²) in [6, 6.07) is 17.2. The van der Waals surface area contributed by atoms with E-state index in [-0.39, 0.29) is 22.2 Å². The largest absolute Gasteiger partial charge is 0.495 e. The van der Waals surface area contributed by atoms with Gasteiger partial charge in [-0.2, -0.15) is 0 Å². The first-order valence-electron chi connectivity index (χ1n) is 11.8. The van der Waals surface area contributed by atoms with Gasteiger partial charge in [0, 0.05) is 22.0 Å². The van der Waals surface area contributed by atoms with Gasteiger partial charge in [-0.25, -0.2) is 9.69 Å². The fourth-order valence-electron chi connectivity index (χ4n) is 3.72. The van der Waals surface area contributed by atoms with E-state index in [1.165, 1.54) is 37.4 Å². The number of benzene rings is 3. The maximum absolute atomic E-state index is 13.1. The number of rotatable bonds is 9. The third-order valence-corrected chi connectivity index (χ3v) is 6.20. The minimum Gasteiger partial charge on any atom is -0.495 e. The van der Waals surface area contributed by atoms with Crippen molar-refractivity contribution >= 4 is 64.0 Å². The van der Waals surface area contributed by atoms with E-state index in [9.17, 15) is 19.2 Å². The van der Waals surface area contributed by atoms with Crippen molar-refractivity contribution < 1.29 is 28.7 Å². The molecule has 2 N–H and O–H groups in total. The maximum atomic E-state index is 13.1. The Morgan fingerprint density at radius 1 is 0.897 bits per heavy atom. The van der Waals surface area contributed by atoms with Gasteiger partial charge in [-0.3, -0.25) is 14.4 Å². The molecular weight excluding hydrogens is 545 g/mol. The summed E-state index contributed by atoms with van der Waals surface area (Å²) in [4.78, 5) is 51.7. The summed E-state index contributed by atoms with van der Waals surface area (Å²) in [5.74, 6) is -2.04. The number of ether oxygens (including phenoxy) is 2. The summed E-state index contributed by atoms with van der Waals surface area (Å²) < 4.78 is 10.4. The van der Waals surface area contributed by atoms with Gasteiger partial charge in [0.2, 0.25) is 0 Å². The molecule has 11 heteroatoms. The molecule has 4 rings (SSSR count). The number of hydrogen-bond acceptors (Lipinski definition) is 7. The Hall–Kier alpha value is -4.34. The van der Waals surface area contributed by atoms with Crippen molar-refractivity contribution in [1.29, 1.82) is 0 Å². The highest BCUT2D eigenvalue weighted by molar-refractivity contribution is 6.53. The van der Waals surface area contributed by atoms with E-state index in [0.29, 0.717) is 40.6 Å². The van der Waals surface area contributed by atoms with E-state index in [2.05, 4.69) is 10.6 Å². The molecule has 1 heterocycles. The van der Waals surface area contributed by atoms with Crippen LogP contribution in [0.2, 0.25) is 5.02 Å². The van der Waals surface area contributed by atoms with E-state index >= 15 is 0 Å². The normalized spacial score (nSPS) is 13.0. The molecule has 0 bridgehead atoms. The molecular formula is C28H23Cl2N3O6. The number of imide groups is 1. The minimum absolute atomic E-state index is 0.132. The highest BCUT2D eigenvalue weighted by Crippen LogP contribution is 2.37. The molecule has 9 nitrogen and oxygen atoms in total. The number of nitrogens with zero attached hydrogens (tertiary/aromatic N) is 1. The number of carbonyl (C=O) groups excluding carboxylic acids is 4. The standard InChI is InChI=1S/C28H23Cl2N3O6/c1-3-13-39-28(37)17-5-4-6-20(14-17)32-25(34)16-7-10-19(11-8-16)31-24-23(30)26(35)33(27(24)36)21-15-18(29)9-12-22(21)38-2/h4-12,14-15,31H,3,13H2,1-2H3,(H,32,34). The molecule has 0 radical (unpaired) electrons. The number of esters is 1. The number of methoxy groups -OCH3 is 1. The van der Waals surface area contributed by atoms with Gasteiger partial charge < -0.3 is 20.1 Å². The van der Waals surface area contributed by atoms with Crippen LogP contribution in [0.5, 0.6) is 5.75 Å². The zero-order valence-corrected chi connectivity index (χ0v) is 22.4. The van der Waals surface area contributed by atoms with Crippen molar-refractivity contribution in [2.75, 3.05) is 29.3 Å². The quantitative estimate of drug-likeness (QED) is 0.255. The summed E-state index contributed by atoms with van der Waals surface area (Å²) in [5.41, 5.74) is 1.51. The van der Waals surface area contributed by atoms with Gasteiger partial charge in [0.15, 0.2) is 0 Å². The molecule has 200 valence electrons. The van der Waals surface area contributed by atoms with E-state index in [0.717, 1.165) is 4.90 Å². The fourth-order valence-corrected chi connectivity index (χ4v) is 4.10. The third kappa shape index (κ3) is 6.05. The molecule has 0 aliphatic carbocycles. The highest BCUT2D eigenvalue weighted by Gasteiger charge is 2.40. The maximum Gasteiger partial charge on any atom is 0.338 e. The van der Waals surface area contributed by atoms with Crippen LogP contribution in [0.15, 0.2) is 77.5 Å². The molecule has 0 saturated heterocycles. The molecule has 3 amide bonds. The van der Waals surface area contributed by atoms with Crippen molar-refractivity contribution in [3.63, 3.8) is 0 Å². The van der Waals surface area contributed by atoms with Crippen LogP contribution in [0.4, 0.5) is 17.1 Å². The lowest BCUT2D eigenvalue weighted by Crippen LogP contribution is -2.32. The van der Waals surface area contributed by atoms with E-state index in [1.54, 1.807) is 36.4 Å². The Morgan fingerprint density at radius 3 is 2.33 bits per heavy atom. The molecule has 39 heavy (non-hydrogen) atoms. The van der Waals surface area contributed by atoms with Gasteiger partial charge >= 0.3 is 5.97 Å². The van der Waals surface area contributed by atoms with E-state index in [4.69, 9.17) is 32.7 Å². The lowest BCUT2D eigenvalue weighted by Gasteiger charge is -2.18. The first-order valence-corrected chi connectivity index (χ1v) is 12.6. The molecule has 0 saturated carbocycles. The van der Waals surface area contributed by atoms with Crippen LogP contribution < -0.4 is 20.3 Å². The molecule has 0 fully saturated rings. The second kappa shape index (κ2) is 12.0. The molecule has 0 aromatic heterocycles. The van der Waals surface area contributed by atoms with Crippen molar-refractivity contribution in [3.8, 4) is 5.75 Å². The zero-order chi connectivity index (χ0) is 28.1. The fraction of sp³-hybridized carbons (Fsp3) is 0.143. The Morgan fingerprint density at radius 2 is 1.64 bits per heavy atom. The molecule has 0 atom stereocenters. The Balaban J connectivity index is 1.46. The lowest BCUT2D eigenvalue weighted by molar-refractivity contribution is -0.120. The minimum atomic E-state index is -0.735. The van der Waals surface area contributed by atoms with Crippen LogP contribution in [0.25, 0.3) is 0 Å². The Bertz CT molecular complexity index is 1490. The number of halogens is 2. The summed E-state index contributed by atoms with van der Waals surface area (Å²) in [7, 11) is 1.40. The van der Waals surface area contributed by atoms with Gasteiger partial charge in [-0.1, -0.05) is 36.2 Å². The Labute approximate surface area is 234 Å². The number of carbonyl (C=O) groups is 4. The first kappa shape index (κ1) is 27.7. The monoisotopic (exact) mass is 567 g/mol. The summed E-state index contributed by atoms with van der Waals surface area (Å²) in [6.45, 7) is 2.21. The first-order chi connectivity index (χ1) is 18.7. The van der Waals surface area contributed by atoms with E-state index < -0.39 is 23.7 Å². The molecule has 3 aromatic rings. The van der Waals surface area contributed by atoms with E-state index in [1.807, 2.05) is 6.92 Å². The van der Waals surface area contributed by atoms with Crippen LogP contribution in [-0.2, 0) is 14.3 Å². The molecule has 1 aliphatic heterocycles. The van der Waals surface area contributed by atoms with Gasteiger partial charge in [0.1, 0.15) is 16.5 Å². The summed E-state index contributed by atoms with van der Waals surface area (Å²) >= 11 is 12.3. The van der Waals surface area contributed by atoms with Crippen LogP contribution in [-0.4, -0.2) is 37.4 Å². The summed E-state index contributed by atoms with van der Waals surface area (Å²) in [5, 5.41) is 5.59. The number of anilines is 3. The smallest absolute Gasteiger partial charge is 0.338 e. The number of hydrogen-bond donors (Lipinski definition) is 2. The topological polar surface area (TPSA) is 114 Å². The van der Waals surface area contributed by atoms with Crippen LogP contribution in [0, 0.1) is 0 Å². The SMILES string of the molecule is CCCOC(=O)c1cccc(NC(=O)c2ccc(NC3=C(Cl)C(=O)N(c4cc(Cl)ccc4OC)C3=O)cc2)c1. The summed E-state index contributed by atoms with van der Waals surface area (Å²) in [6.07, 6.45) is 0.704. The van der Waals surface area contributed by atoms with Crippen molar-refractivity contribution in [1.82, 2.24) is 0 Å². The predicted octanol–water partition coefficient (Wildman–Crippen LogP) is 5.60. The predicted molar refractivity (Wildman–Crippen MR) is 148 cm³/mol. The van der Waals surface area contributed by atoms with Crippen molar-refractivity contribution in [2.24, 2.45) is 0 Å². The zero-order valence-electron chi connectivity index (χ0n) is 20.9. The average Bonchev–Trinajstić information content (AvgIpc) is 3.14. The van der Waals surface area contributed by atoms with Gasteiger partial charge in [-0.05, 0) is 67.1 Å². The molecule has 1 aliphatic rings. The number of amides is 3. The van der Waals surface area contributed by atoms with Crippen LogP contribution >= 0.6 is 23.2 Å². The molecule has 0 spiro atoms. The van der Waals surface area contributed by atoms with Crippen molar-refractivity contribution in [3.05, 3.63) is 93.6 Å². The van der Waals surface area contributed by atoms with Gasteiger partial charge in [0.05, 0.1) is 25.0 Å². The molecule has 0 unspecified atom stereocenters. The third-order valence-electron chi connectivity index (χ3n) is 5.62. The molecule has 3 aromatic carbocycles. The van der Waals surface area contributed by atoms with Crippen LogP contribution in [0.3, 0.4) is 0 Å². The second-order valence-electron chi connectivity index (χ2n) is 8.32. The highest BCUT2D eigenvalue weighted by atomic mass is 35.5. The Kier molecular flexibility index (Phi) is 8.53. The van der Waals surface area contributed by atoms with Gasteiger partial charge in [-0.15, -0.1) is 0 Å². The lowest BCUT2D eigenvalue weighted by atomic mass is 10.1.